The summed E-state index contributed by atoms with van der Waals surface area (Å²) in [7, 11) is 0. The molecule has 0 unspecified atom stereocenters. The monoisotopic (exact) mass is 441 g/mol. The minimum Gasteiger partial charge on any atom is -0.351 e. The molecule has 2 fully saturated rings. The predicted octanol–water partition coefficient (Wildman–Crippen LogP) is 3.63. The second-order valence-electron chi connectivity index (χ2n) is 7.92. The second kappa shape index (κ2) is 9.60. The van der Waals surface area contributed by atoms with Gasteiger partial charge in [-0.25, -0.2) is 4.39 Å². The van der Waals surface area contributed by atoms with E-state index in [2.05, 4.69) is 10.3 Å². The molecular formula is C23H24FN3O3S. The van der Waals surface area contributed by atoms with Crippen LogP contribution < -0.4 is 10.2 Å². The molecule has 0 bridgehead atoms. The van der Waals surface area contributed by atoms with Crippen molar-refractivity contribution in [1.29, 1.82) is 0 Å². The first kappa shape index (κ1) is 21.5. The van der Waals surface area contributed by atoms with Gasteiger partial charge in [-0.05, 0) is 43.2 Å². The fourth-order valence-corrected chi connectivity index (χ4v) is 5.14. The van der Waals surface area contributed by atoms with Crippen LogP contribution in [0.5, 0.6) is 0 Å². The number of benzene rings is 1. The summed E-state index contributed by atoms with van der Waals surface area (Å²) in [6.07, 6.45) is 5.55. The fourth-order valence-electron chi connectivity index (χ4n) is 4.17. The average Bonchev–Trinajstić information content (AvgIpc) is 3.43. The zero-order chi connectivity index (χ0) is 21.8. The van der Waals surface area contributed by atoms with Gasteiger partial charge in [0.2, 0.25) is 11.8 Å². The summed E-state index contributed by atoms with van der Waals surface area (Å²) in [5, 5.41) is 3.00. The van der Waals surface area contributed by atoms with Crippen LogP contribution in [0.3, 0.4) is 0 Å². The molecule has 31 heavy (non-hydrogen) atoms. The summed E-state index contributed by atoms with van der Waals surface area (Å²) in [6, 6.07) is 9.79. The number of aromatic nitrogens is 1. The Morgan fingerprint density at radius 2 is 1.97 bits per heavy atom. The van der Waals surface area contributed by atoms with Gasteiger partial charge in [0, 0.05) is 30.1 Å². The van der Waals surface area contributed by atoms with E-state index in [1.165, 1.54) is 23.1 Å². The molecular weight excluding hydrogens is 417 g/mol. The molecule has 162 valence electrons. The van der Waals surface area contributed by atoms with Crippen molar-refractivity contribution in [1.82, 2.24) is 10.3 Å². The van der Waals surface area contributed by atoms with Crippen LogP contribution in [0.4, 0.5) is 10.1 Å². The van der Waals surface area contributed by atoms with Crippen LogP contribution in [-0.2, 0) is 14.4 Å². The Bertz CT molecular complexity index is 966. The average molecular weight is 442 g/mol. The van der Waals surface area contributed by atoms with E-state index < -0.39 is 17.8 Å². The van der Waals surface area contributed by atoms with Gasteiger partial charge in [0.25, 0.3) is 0 Å². The zero-order valence-electron chi connectivity index (χ0n) is 17.0. The second-order valence-corrected chi connectivity index (χ2v) is 9.00. The van der Waals surface area contributed by atoms with E-state index in [-0.39, 0.29) is 35.1 Å². The number of hydrogen-bond acceptors (Lipinski definition) is 5. The van der Waals surface area contributed by atoms with Crippen molar-refractivity contribution in [2.24, 2.45) is 5.92 Å². The Kier molecular flexibility index (Phi) is 6.65. The number of rotatable bonds is 6. The molecule has 2 aromatic rings. The number of hydrogen-bond donors (Lipinski definition) is 1. The summed E-state index contributed by atoms with van der Waals surface area (Å²) in [6.45, 7) is 0. The Hall–Kier alpha value is -2.74. The first-order chi connectivity index (χ1) is 15.0. The summed E-state index contributed by atoms with van der Waals surface area (Å²) in [5.41, 5.74) is 0.666. The number of amides is 2. The lowest BCUT2D eigenvalue weighted by Crippen LogP contribution is -2.48. The minimum atomic E-state index is -1.06. The number of nitrogens with zero attached hydrogens (tertiary/aromatic N) is 2. The lowest BCUT2D eigenvalue weighted by molar-refractivity contribution is -0.129. The third-order valence-corrected chi connectivity index (χ3v) is 6.77. The van der Waals surface area contributed by atoms with Crippen molar-refractivity contribution in [3.63, 3.8) is 0 Å². The number of nitrogens with one attached hydrogen (secondary N) is 1. The van der Waals surface area contributed by atoms with E-state index in [1.54, 1.807) is 30.5 Å². The normalized spacial score (nSPS) is 19.9. The number of halogens is 1. The highest BCUT2D eigenvalue weighted by Gasteiger charge is 2.40. The van der Waals surface area contributed by atoms with Gasteiger partial charge in [-0.3, -0.25) is 24.3 Å². The van der Waals surface area contributed by atoms with Crippen molar-refractivity contribution in [3.05, 3.63) is 60.2 Å². The summed E-state index contributed by atoms with van der Waals surface area (Å²) in [5.74, 6) is -1.45. The molecule has 1 aliphatic carbocycles. The van der Waals surface area contributed by atoms with E-state index >= 15 is 0 Å². The molecule has 2 aliphatic rings. The highest BCUT2D eigenvalue weighted by Crippen LogP contribution is 2.34. The van der Waals surface area contributed by atoms with Crippen molar-refractivity contribution < 1.29 is 18.8 Å². The van der Waals surface area contributed by atoms with Crippen molar-refractivity contribution >= 4 is 34.4 Å². The number of anilines is 1. The van der Waals surface area contributed by atoms with E-state index in [0.29, 0.717) is 11.4 Å². The summed E-state index contributed by atoms with van der Waals surface area (Å²) in [4.78, 5) is 44.5. The molecule has 1 aromatic carbocycles. The topological polar surface area (TPSA) is 79.4 Å². The van der Waals surface area contributed by atoms with E-state index in [1.807, 2.05) is 0 Å². The maximum atomic E-state index is 14.1. The molecule has 2 heterocycles. The first-order valence-corrected chi connectivity index (χ1v) is 11.5. The maximum Gasteiger partial charge on any atom is 0.249 e. The van der Waals surface area contributed by atoms with Gasteiger partial charge in [-0.2, -0.15) is 0 Å². The Morgan fingerprint density at radius 3 is 2.61 bits per heavy atom. The fraction of sp³-hybridized carbons (Fsp3) is 0.391. The van der Waals surface area contributed by atoms with Gasteiger partial charge in [-0.1, -0.05) is 36.7 Å². The van der Waals surface area contributed by atoms with Crippen LogP contribution in [0.15, 0.2) is 48.7 Å². The minimum absolute atomic E-state index is 0.0480. The molecule has 4 rings (SSSR count). The Labute approximate surface area is 184 Å². The molecule has 0 radical (unpaired) electrons. The molecule has 1 saturated carbocycles. The highest BCUT2D eigenvalue weighted by atomic mass is 32.2. The third kappa shape index (κ3) is 4.95. The van der Waals surface area contributed by atoms with E-state index in [9.17, 15) is 18.8 Å². The van der Waals surface area contributed by atoms with Crippen LogP contribution >= 0.6 is 11.8 Å². The van der Waals surface area contributed by atoms with Crippen LogP contribution in [-0.4, -0.2) is 33.7 Å². The van der Waals surface area contributed by atoms with Crippen molar-refractivity contribution in [3.8, 4) is 0 Å². The van der Waals surface area contributed by atoms with E-state index in [0.717, 1.165) is 37.4 Å². The van der Waals surface area contributed by atoms with Gasteiger partial charge in [0.1, 0.15) is 5.82 Å². The summed E-state index contributed by atoms with van der Waals surface area (Å²) >= 11 is 1.11. The Morgan fingerprint density at radius 1 is 1.16 bits per heavy atom. The van der Waals surface area contributed by atoms with Gasteiger partial charge < -0.3 is 5.32 Å². The quantitative estimate of drug-likeness (QED) is 0.741. The molecule has 1 aliphatic heterocycles. The van der Waals surface area contributed by atoms with Crippen LogP contribution in [0.2, 0.25) is 0 Å². The van der Waals surface area contributed by atoms with Crippen LogP contribution in [0, 0.1) is 11.7 Å². The van der Waals surface area contributed by atoms with Gasteiger partial charge in [0.15, 0.2) is 11.2 Å². The van der Waals surface area contributed by atoms with Gasteiger partial charge in [-0.15, -0.1) is 0 Å². The molecule has 6 nitrogen and oxygen atoms in total. The number of thioether (sulfide) groups is 1. The smallest absolute Gasteiger partial charge is 0.249 e. The van der Waals surface area contributed by atoms with Crippen molar-refractivity contribution in [2.45, 2.75) is 44.2 Å². The lowest BCUT2D eigenvalue weighted by atomic mass is 10.0. The lowest BCUT2D eigenvalue weighted by Gasteiger charge is -2.33. The number of pyridine rings is 1. The SMILES string of the molecule is O=C1C[C@H](C(=O)N(c2cccc(F)c2)[C@@H](C(=O)NC2CCCC2)c2ccccn2)CS1. The standard InChI is InChI=1S/C23H24FN3O3S/c24-16-6-5-9-18(13-16)27(23(30)15-12-20(28)31-14-15)21(19-10-3-4-11-25-19)22(29)26-17-7-1-2-8-17/h3-6,9-11,13,15,17,21H,1-2,7-8,12,14H2,(H,26,29)/t15-,21+/m0/s1. The molecule has 1 N–H and O–H groups in total. The number of carbonyl (C=O) groups is 3. The van der Waals surface area contributed by atoms with Gasteiger partial charge >= 0.3 is 0 Å². The maximum absolute atomic E-state index is 14.1. The van der Waals surface area contributed by atoms with Crippen LogP contribution in [0.25, 0.3) is 0 Å². The van der Waals surface area contributed by atoms with Crippen molar-refractivity contribution in [2.75, 3.05) is 10.7 Å². The predicted molar refractivity (Wildman–Crippen MR) is 117 cm³/mol. The van der Waals surface area contributed by atoms with E-state index in [4.69, 9.17) is 0 Å². The Balaban J connectivity index is 1.75. The van der Waals surface area contributed by atoms with Gasteiger partial charge in [0.05, 0.1) is 11.6 Å². The van der Waals surface area contributed by atoms with Crippen LogP contribution in [0.1, 0.15) is 43.8 Å². The molecule has 2 amide bonds. The number of carbonyl (C=O) groups excluding carboxylic acids is 3. The molecule has 1 aromatic heterocycles. The summed E-state index contributed by atoms with van der Waals surface area (Å²) < 4.78 is 14.1. The molecule has 1 saturated heterocycles. The molecule has 8 heteroatoms. The molecule has 0 spiro atoms. The zero-order valence-corrected chi connectivity index (χ0v) is 17.8. The molecule has 2 atom stereocenters. The highest BCUT2D eigenvalue weighted by molar-refractivity contribution is 8.14. The third-order valence-electron chi connectivity index (χ3n) is 5.71. The largest absolute Gasteiger partial charge is 0.351 e. The first-order valence-electron chi connectivity index (χ1n) is 10.5.